The number of hydrogen-bond acceptors (Lipinski definition) is 3. The summed E-state index contributed by atoms with van der Waals surface area (Å²) >= 11 is 12.3. The van der Waals surface area contributed by atoms with E-state index in [9.17, 15) is 18.0 Å². The van der Waals surface area contributed by atoms with E-state index in [4.69, 9.17) is 27.9 Å². The minimum absolute atomic E-state index is 0.126. The standard InChI is InChI=1S/C18H11Cl2F3N2O2/c1-8-2-3-9-10(19)6-11(20)18(17(9)24-8)27-7-14(26)25-13-5-4-12(21)15(22)16(13)23/h2-6H,7H2,1H3,(H,25,26). The summed E-state index contributed by atoms with van der Waals surface area (Å²) in [6.07, 6.45) is 0. The van der Waals surface area contributed by atoms with Gasteiger partial charge in [-0.1, -0.05) is 23.2 Å². The number of fused-ring (bicyclic) bond motifs is 1. The Morgan fingerprint density at radius 3 is 2.59 bits per heavy atom. The van der Waals surface area contributed by atoms with E-state index in [0.29, 0.717) is 27.7 Å². The van der Waals surface area contributed by atoms with Gasteiger partial charge in [-0.3, -0.25) is 4.79 Å². The maximum absolute atomic E-state index is 13.6. The van der Waals surface area contributed by atoms with E-state index in [-0.39, 0.29) is 10.8 Å². The number of amides is 1. The number of rotatable bonds is 4. The van der Waals surface area contributed by atoms with Crippen molar-refractivity contribution < 1.29 is 22.7 Å². The van der Waals surface area contributed by atoms with E-state index in [1.165, 1.54) is 6.07 Å². The zero-order valence-electron chi connectivity index (χ0n) is 13.7. The molecular formula is C18H11Cl2F3N2O2. The Morgan fingerprint density at radius 1 is 1.11 bits per heavy atom. The number of aryl methyl sites for hydroxylation is 1. The average molecular weight is 415 g/mol. The van der Waals surface area contributed by atoms with Crippen molar-refractivity contribution in [3.8, 4) is 5.75 Å². The van der Waals surface area contributed by atoms with Gasteiger partial charge in [-0.05, 0) is 37.3 Å². The summed E-state index contributed by atoms with van der Waals surface area (Å²) in [5.41, 5.74) is 0.529. The van der Waals surface area contributed by atoms with Crippen LogP contribution in [0.3, 0.4) is 0 Å². The second-order valence-corrected chi connectivity index (χ2v) is 6.39. The highest BCUT2D eigenvalue weighted by Gasteiger charge is 2.17. The summed E-state index contributed by atoms with van der Waals surface area (Å²) < 4.78 is 45.2. The zero-order valence-corrected chi connectivity index (χ0v) is 15.3. The number of halogens is 5. The fourth-order valence-corrected chi connectivity index (χ4v) is 2.94. The maximum Gasteiger partial charge on any atom is 0.262 e. The SMILES string of the molecule is Cc1ccc2c(Cl)cc(Cl)c(OCC(=O)Nc3ccc(F)c(F)c3F)c2n1. The number of carbonyl (C=O) groups excluding carboxylic acids is 1. The molecule has 27 heavy (non-hydrogen) atoms. The fourth-order valence-electron chi connectivity index (χ4n) is 2.37. The van der Waals surface area contributed by atoms with Gasteiger partial charge in [-0.15, -0.1) is 0 Å². The third-order valence-corrected chi connectivity index (χ3v) is 4.23. The highest BCUT2D eigenvalue weighted by Crippen LogP contribution is 2.37. The van der Waals surface area contributed by atoms with E-state index in [1.54, 1.807) is 19.1 Å². The van der Waals surface area contributed by atoms with Gasteiger partial charge in [0.15, 0.2) is 29.8 Å². The monoisotopic (exact) mass is 414 g/mol. The summed E-state index contributed by atoms with van der Waals surface area (Å²) in [5.74, 6) is -5.22. The number of carbonyl (C=O) groups is 1. The minimum Gasteiger partial charge on any atom is -0.480 e. The van der Waals surface area contributed by atoms with Crippen molar-refractivity contribution >= 4 is 45.7 Å². The predicted octanol–water partition coefficient (Wildman–Crippen LogP) is 5.28. The topological polar surface area (TPSA) is 51.2 Å². The lowest BCUT2D eigenvalue weighted by molar-refractivity contribution is -0.118. The molecule has 0 aliphatic carbocycles. The molecule has 0 spiro atoms. The summed E-state index contributed by atoms with van der Waals surface area (Å²) in [7, 11) is 0. The van der Waals surface area contributed by atoms with Crippen LogP contribution in [-0.4, -0.2) is 17.5 Å². The number of benzene rings is 2. The van der Waals surface area contributed by atoms with Crippen LogP contribution in [0, 0.1) is 24.4 Å². The molecule has 0 saturated heterocycles. The van der Waals surface area contributed by atoms with Gasteiger partial charge in [-0.2, -0.15) is 0 Å². The van der Waals surface area contributed by atoms with Crippen molar-refractivity contribution in [3.63, 3.8) is 0 Å². The Hall–Kier alpha value is -2.51. The van der Waals surface area contributed by atoms with Gasteiger partial charge in [0.1, 0.15) is 5.52 Å². The number of aromatic nitrogens is 1. The van der Waals surface area contributed by atoms with Crippen molar-refractivity contribution in [2.75, 3.05) is 11.9 Å². The normalized spacial score (nSPS) is 10.9. The molecule has 1 N–H and O–H groups in total. The van der Waals surface area contributed by atoms with E-state index >= 15 is 0 Å². The number of nitrogens with zero attached hydrogens (tertiary/aromatic N) is 1. The second kappa shape index (κ2) is 7.62. The Morgan fingerprint density at radius 2 is 1.85 bits per heavy atom. The van der Waals surface area contributed by atoms with E-state index in [2.05, 4.69) is 10.3 Å². The van der Waals surface area contributed by atoms with Crippen LogP contribution in [0.15, 0.2) is 30.3 Å². The number of pyridine rings is 1. The molecule has 9 heteroatoms. The number of nitrogens with one attached hydrogen (secondary N) is 1. The molecule has 140 valence electrons. The Kier molecular flexibility index (Phi) is 5.43. The molecule has 2 aromatic carbocycles. The first-order valence-electron chi connectivity index (χ1n) is 7.59. The lowest BCUT2D eigenvalue weighted by Gasteiger charge is -2.13. The van der Waals surface area contributed by atoms with E-state index in [1.807, 2.05) is 0 Å². The molecule has 0 bridgehead atoms. The van der Waals surface area contributed by atoms with Crippen LogP contribution in [0.25, 0.3) is 10.9 Å². The van der Waals surface area contributed by atoms with Gasteiger partial charge in [0.2, 0.25) is 0 Å². The van der Waals surface area contributed by atoms with E-state index < -0.39 is 35.7 Å². The van der Waals surface area contributed by atoms with Crippen LogP contribution in [0.1, 0.15) is 5.69 Å². The highest BCUT2D eigenvalue weighted by molar-refractivity contribution is 6.39. The molecule has 0 aliphatic heterocycles. The molecule has 0 unspecified atom stereocenters. The highest BCUT2D eigenvalue weighted by atomic mass is 35.5. The van der Waals surface area contributed by atoms with Crippen molar-refractivity contribution in [2.24, 2.45) is 0 Å². The molecule has 0 saturated carbocycles. The molecule has 0 atom stereocenters. The third kappa shape index (κ3) is 3.94. The van der Waals surface area contributed by atoms with Crippen molar-refractivity contribution in [1.29, 1.82) is 0 Å². The van der Waals surface area contributed by atoms with Crippen LogP contribution < -0.4 is 10.1 Å². The maximum atomic E-state index is 13.6. The third-order valence-electron chi connectivity index (χ3n) is 3.63. The lowest BCUT2D eigenvalue weighted by atomic mass is 10.2. The average Bonchev–Trinajstić information content (AvgIpc) is 2.61. The molecular weight excluding hydrogens is 404 g/mol. The summed E-state index contributed by atoms with van der Waals surface area (Å²) in [5, 5.41) is 3.18. The van der Waals surface area contributed by atoms with Crippen molar-refractivity contribution in [3.05, 3.63) is 63.5 Å². The number of hydrogen-bond donors (Lipinski definition) is 1. The second-order valence-electron chi connectivity index (χ2n) is 5.58. The zero-order chi connectivity index (χ0) is 19.7. The van der Waals surface area contributed by atoms with Crippen LogP contribution >= 0.6 is 23.2 Å². The van der Waals surface area contributed by atoms with Gasteiger partial charge in [-0.25, -0.2) is 18.2 Å². The fraction of sp³-hybridized carbons (Fsp3) is 0.111. The predicted molar refractivity (Wildman–Crippen MR) is 96.9 cm³/mol. The molecule has 1 amide bonds. The largest absolute Gasteiger partial charge is 0.480 e. The number of ether oxygens (including phenoxy) is 1. The van der Waals surface area contributed by atoms with Crippen LogP contribution in [0.5, 0.6) is 5.75 Å². The molecule has 1 aromatic heterocycles. The summed E-state index contributed by atoms with van der Waals surface area (Å²) in [4.78, 5) is 16.3. The van der Waals surface area contributed by atoms with Gasteiger partial charge >= 0.3 is 0 Å². The van der Waals surface area contributed by atoms with Gasteiger partial charge in [0, 0.05) is 11.1 Å². The van der Waals surface area contributed by atoms with E-state index in [0.717, 1.165) is 6.07 Å². The smallest absolute Gasteiger partial charge is 0.262 e. The Balaban J connectivity index is 1.82. The van der Waals surface area contributed by atoms with Crippen LogP contribution in [0.4, 0.5) is 18.9 Å². The lowest BCUT2D eigenvalue weighted by Crippen LogP contribution is -2.21. The first-order chi connectivity index (χ1) is 12.8. The Bertz CT molecular complexity index is 1060. The first kappa shape index (κ1) is 19.3. The molecule has 4 nitrogen and oxygen atoms in total. The summed E-state index contributed by atoms with van der Waals surface area (Å²) in [6, 6.07) is 6.54. The molecule has 0 fully saturated rings. The van der Waals surface area contributed by atoms with Crippen LogP contribution in [-0.2, 0) is 4.79 Å². The molecule has 3 aromatic rings. The van der Waals surface area contributed by atoms with Crippen molar-refractivity contribution in [1.82, 2.24) is 4.98 Å². The summed E-state index contributed by atoms with van der Waals surface area (Å²) in [6.45, 7) is 1.20. The Labute approximate surface area is 161 Å². The van der Waals surface area contributed by atoms with Gasteiger partial charge in [0.05, 0.1) is 15.7 Å². The molecule has 1 heterocycles. The van der Waals surface area contributed by atoms with Gasteiger partial charge < -0.3 is 10.1 Å². The van der Waals surface area contributed by atoms with Crippen LogP contribution in [0.2, 0.25) is 10.0 Å². The quantitative estimate of drug-likeness (QED) is 0.590. The molecule has 3 rings (SSSR count). The first-order valence-corrected chi connectivity index (χ1v) is 8.35. The number of anilines is 1. The molecule has 0 radical (unpaired) electrons. The van der Waals surface area contributed by atoms with Crippen molar-refractivity contribution in [2.45, 2.75) is 6.92 Å². The molecule has 0 aliphatic rings. The minimum atomic E-state index is -1.68. The van der Waals surface area contributed by atoms with Gasteiger partial charge in [0.25, 0.3) is 5.91 Å².